The van der Waals surface area contributed by atoms with Crippen LogP contribution in [0.1, 0.15) is 47.1 Å². The summed E-state index contributed by atoms with van der Waals surface area (Å²) in [7, 11) is 0. The van der Waals surface area contributed by atoms with Gasteiger partial charge in [-0.2, -0.15) is 5.10 Å². The Morgan fingerprint density at radius 3 is 2.71 bits per heavy atom. The molecule has 3 heterocycles. The average Bonchev–Trinajstić information content (AvgIpc) is 3.57. The summed E-state index contributed by atoms with van der Waals surface area (Å²) < 4.78 is 33.7. The van der Waals surface area contributed by atoms with E-state index >= 15 is 0 Å². The van der Waals surface area contributed by atoms with E-state index in [1.807, 2.05) is 0 Å². The van der Waals surface area contributed by atoms with E-state index in [-0.39, 0.29) is 40.1 Å². The van der Waals surface area contributed by atoms with Crippen LogP contribution in [0.3, 0.4) is 0 Å². The van der Waals surface area contributed by atoms with E-state index in [9.17, 15) is 23.7 Å². The van der Waals surface area contributed by atoms with Crippen molar-refractivity contribution in [2.24, 2.45) is 0 Å². The molecule has 1 amide bonds. The van der Waals surface area contributed by atoms with Gasteiger partial charge in [-0.1, -0.05) is 0 Å². The first-order chi connectivity index (χ1) is 16.4. The Balaban J connectivity index is 1.45. The molecule has 1 aliphatic carbocycles. The van der Waals surface area contributed by atoms with Gasteiger partial charge in [-0.25, -0.2) is 18.3 Å². The van der Waals surface area contributed by atoms with Crippen LogP contribution in [-0.4, -0.2) is 30.4 Å². The van der Waals surface area contributed by atoms with Crippen molar-refractivity contribution in [1.82, 2.24) is 19.6 Å². The van der Waals surface area contributed by atoms with Gasteiger partial charge < -0.3 is 10.1 Å². The number of nitro benzene ring substituents is 1. The lowest BCUT2D eigenvalue weighted by atomic mass is 10.2. The number of nitro groups is 1. The molecule has 0 aliphatic heterocycles. The minimum absolute atomic E-state index is 0.0656. The van der Waals surface area contributed by atoms with Crippen LogP contribution in [0.15, 0.2) is 54.9 Å². The minimum atomic E-state index is -2.80. The SMILES string of the molecule is O=C(Nc1cc(Oc2cccnc2)cc([N+](=O)[O-])c1)c1cc2nc(C3CC3)cc(C(F)F)n2n1. The van der Waals surface area contributed by atoms with E-state index in [2.05, 4.69) is 20.4 Å². The van der Waals surface area contributed by atoms with Gasteiger partial charge in [0, 0.05) is 36.0 Å². The summed E-state index contributed by atoms with van der Waals surface area (Å²) >= 11 is 0. The molecular formula is C22H16F2N6O4. The number of hydrogen-bond acceptors (Lipinski definition) is 7. The Hall–Kier alpha value is -4.48. The number of nitrogens with one attached hydrogen (secondary N) is 1. The van der Waals surface area contributed by atoms with Crippen molar-refractivity contribution in [1.29, 1.82) is 0 Å². The van der Waals surface area contributed by atoms with E-state index in [0.717, 1.165) is 23.4 Å². The lowest BCUT2D eigenvalue weighted by Gasteiger charge is -2.08. The molecule has 1 aliphatic rings. The van der Waals surface area contributed by atoms with E-state index < -0.39 is 17.3 Å². The largest absolute Gasteiger partial charge is 0.455 e. The first-order valence-corrected chi connectivity index (χ1v) is 10.2. The normalized spacial score (nSPS) is 13.3. The number of ether oxygens (including phenoxy) is 1. The number of anilines is 1. The summed E-state index contributed by atoms with van der Waals surface area (Å²) in [6.45, 7) is 0. The van der Waals surface area contributed by atoms with E-state index in [1.54, 1.807) is 18.3 Å². The van der Waals surface area contributed by atoms with Crippen molar-refractivity contribution in [3.05, 3.63) is 82.1 Å². The third-order valence-electron chi connectivity index (χ3n) is 5.16. The molecule has 0 bridgehead atoms. The molecule has 0 radical (unpaired) electrons. The maximum Gasteiger partial charge on any atom is 0.280 e. The summed E-state index contributed by atoms with van der Waals surface area (Å²) in [4.78, 5) is 31.8. The first-order valence-electron chi connectivity index (χ1n) is 10.2. The number of non-ortho nitro benzene ring substituents is 1. The van der Waals surface area contributed by atoms with Crippen LogP contribution >= 0.6 is 0 Å². The lowest BCUT2D eigenvalue weighted by Crippen LogP contribution is -2.13. The Kier molecular flexibility index (Phi) is 5.32. The third kappa shape index (κ3) is 4.37. The van der Waals surface area contributed by atoms with E-state index in [1.165, 1.54) is 30.5 Å². The second-order valence-corrected chi connectivity index (χ2v) is 7.70. The smallest absolute Gasteiger partial charge is 0.280 e. The summed E-state index contributed by atoms with van der Waals surface area (Å²) in [5.74, 6) is -0.162. The number of benzene rings is 1. The van der Waals surface area contributed by atoms with Gasteiger partial charge in [0.15, 0.2) is 11.3 Å². The van der Waals surface area contributed by atoms with Crippen LogP contribution in [0.25, 0.3) is 5.65 Å². The van der Waals surface area contributed by atoms with Crippen LogP contribution in [-0.2, 0) is 0 Å². The van der Waals surface area contributed by atoms with Crippen LogP contribution in [0.5, 0.6) is 11.5 Å². The average molecular weight is 466 g/mol. The molecule has 1 N–H and O–H groups in total. The van der Waals surface area contributed by atoms with Gasteiger partial charge in [0.2, 0.25) is 0 Å². The molecule has 1 saturated carbocycles. The standard InChI is InChI=1S/C22H16F2N6O4/c23-21(24)19-9-17(12-3-4-12)27-20-10-18(28-29(19)20)22(31)26-13-6-14(30(32)33)8-16(7-13)34-15-2-1-5-25-11-15/h1-2,5-12,21H,3-4H2,(H,26,31). The van der Waals surface area contributed by atoms with Crippen LogP contribution < -0.4 is 10.1 Å². The number of hydrogen-bond donors (Lipinski definition) is 1. The van der Waals surface area contributed by atoms with Crippen molar-refractivity contribution in [3.8, 4) is 11.5 Å². The number of rotatable bonds is 7. The molecule has 0 unspecified atom stereocenters. The summed E-state index contributed by atoms with van der Waals surface area (Å²) in [5, 5.41) is 17.9. The Morgan fingerprint density at radius 1 is 1.21 bits per heavy atom. The zero-order valence-corrected chi connectivity index (χ0v) is 17.4. The minimum Gasteiger partial charge on any atom is -0.455 e. The highest BCUT2D eigenvalue weighted by molar-refractivity contribution is 6.03. The number of pyridine rings is 1. The van der Waals surface area contributed by atoms with Gasteiger partial charge in [-0.15, -0.1) is 0 Å². The summed E-state index contributed by atoms with van der Waals surface area (Å²) in [6.07, 6.45) is 1.93. The van der Waals surface area contributed by atoms with Crippen molar-refractivity contribution < 1.29 is 23.2 Å². The predicted molar refractivity (Wildman–Crippen MR) is 115 cm³/mol. The van der Waals surface area contributed by atoms with Crippen molar-refractivity contribution >= 4 is 22.9 Å². The van der Waals surface area contributed by atoms with Gasteiger partial charge in [0.05, 0.1) is 22.9 Å². The zero-order chi connectivity index (χ0) is 23.8. The second kappa shape index (κ2) is 8.46. The molecule has 0 spiro atoms. The van der Waals surface area contributed by atoms with Crippen LogP contribution in [0.2, 0.25) is 0 Å². The molecule has 1 aromatic carbocycles. The maximum atomic E-state index is 13.6. The number of nitrogens with zero attached hydrogens (tertiary/aromatic N) is 5. The van der Waals surface area contributed by atoms with Gasteiger partial charge in [-0.3, -0.25) is 19.9 Å². The fourth-order valence-electron chi connectivity index (χ4n) is 3.43. The topological polar surface area (TPSA) is 125 Å². The molecule has 0 saturated heterocycles. The van der Waals surface area contributed by atoms with Crippen molar-refractivity contribution in [2.45, 2.75) is 25.2 Å². The molecule has 34 heavy (non-hydrogen) atoms. The molecular weight excluding hydrogens is 450 g/mol. The molecule has 1 fully saturated rings. The number of alkyl halides is 2. The third-order valence-corrected chi connectivity index (χ3v) is 5.16. The molecule has 4 aromatic rings. The second-order valence-electron chi connectivity index (χ2n) is 7.70. The quantitative estimate of drug-likeness (QED) is 0.304. The van der Waals surface area contributed by atoms with Crippen LogP contribution in [0.4, 0.5) is 20.2 Å². The predicted octanol–water partition coefficient (Wildman–Crippen LogP) is 4.89. The molecule has 172 valence electrons. The monoisotopic (exact) mass is 466 g/mol. The molecule has 0 atom stereocenters. The first kappa shape index (κ1) is 21.4. The number of halogens is 2. The number of amides is 1. The number of aromatic nitrogens is 4. The van der Waals surface area contributed by atoms with Gasteiger partial charge in [-0.05, 0) is 31.0 Å². The highest BCUT2D eigenvalue weighted by Crippen LogP contribution is 2.40. The fraction of sp³-hybridized carbons (Fsp3) is 0.182. The number of carbonyl (C=O) groups excluding carboxylic acids is 1. The fourth-order valence-corrected chi connectivity index (χ4v) is 3.43. The summed E-state index contributed by atoms with van der Waals surface area (Å²) in [6, 6.07) is 9.61. The van der Waals surface area contributed by atoms with Gasteiger partial charge in [0.25, 0.3) is 18.0 Å². The molecule has 10 nitrogen and oxygen atoms in total. The Morgan fingerprint density at radius 2 is 2.03 bits per heavy atom. The molecule has 12 heteroatoms. The maximum absolute atomic E-state index is 13.6. The molecule has 5 rings (SSSR count). The lowest BCUT2D eigenvalue weighted by molar-refractivity contribution is -0.384. The van der Waals surface area contributed by atoms with Crippen molar-refractivity contribution in [2.75, 3.05) is 5.32 Å². The number of fused-ring (bicyclic) bond motifs is 1. The highest BCUT2D eigenvalue weighted by atomic mass is 19.3. The zero-order valence-electron chi connectivity index (χ0n) is 17.4. The highest BCUT2D eigenvalue weighted by Gasteiger charge is 2.28. The Labute approximate surface area is 190 Å². The van der Waals surface area contributed by atoms with E-state index in [0.29, 0.717) is 11.4 Å². The van der Waals surface area contributed by atoms with Gasteiger partial charge in [0.1, 0.15) is 17.2 Å². The Bertz CT molecular complexity index is 1410. The summed E-state index contributed by atoms with van der Waals surface area (Å²) in [5.41, 5.74) is -0.0923. The molecule has 3 aromatic heterocycles. The number of carbonyl (C=O) groups is 1. The van der Waals surface area contributed by atoms with Gasteiger partial charge >= 0.3 is 0 Å². The van der Waals surface area contributed by atoms with Crippen molar-refractivity contribution in [3.63, 3.8) is 0 Å². The van der Waals surface area contributed by atoms with Crippen LogP contribution in [0, 0.1) is 10.1 Å². The van der Waals surface area contributed by atoms with E-state index in [4.69, 9.17) is 4.74 Å².